The van der Waals surface area contributed by atoms with Gasteiger partial charge in [0.15, 0.2) is 0 Å². The van der Waals surface area contributed by atoms with Crippen molar-refractivity contribution in [2.45, 2.75) is 12.0 Å². The standard InChI is InChI=1S/C8H14N4O2/c1-12(2)8-10-7(14-11-8)5-3-13-4-6(5)9/h5-6H,3-4,9H2,1-2H3. The number of rotatable bonds is 2. The maximum absolute atomic E-state index is 5.83. The van der Waals surface area contributed by atoms with E-state index in [1.807, 2.05) is 14.1 Å². The van der Waals surface area contributed by atoms with Crippen molar-refractivity contribution in [1.82, 2.24) is 10.1 Å². The summed E-state index contributed by atoms with van der Waals surface area (Å²) in [6.45, 7) is 1.13. The Kier molecular flexibility index (Phi) is 2.39. The third kappa shape index (κ3) is 1.58. The van der Waals surface area contributed by atoms with Crippen LogP contribution in [0.1, 0.15) is 11.8 Å². The summed E-state index contributed by atoms with van der Waals surface area (Å²) < 4.78 is 10.3. The van der Waals surface area contributed by atoms with Crippen LogP contribution < -0.4 is 10.6 Å². The summed E-state index contributed by atoms with van der Waals surface area (Å²) in [5.74, 6) is 1.18. The quantitative estimate of drug-likeness (QED) is 0.695. The van der Waals surface area contributed by atoms with Crippen molar-refractivity contribution in [2.24, 2.45) is 5.73 Å². The van der Waals surface area contributed by atoms with Crippen LogP contribution in [-0.4, -0.2) is 43.5 Å². The van der Waals surface area contributed by atoms with Crippen LogP contribution in [0.2, 0.25) is 0 Å². The molecule has 1 fully saturated rings. The summed E-state index contributed by atoms with van der Waals surface area (Å²) in [5.41, 5.74) is 5.83. The Morgan fingerprint density at radius 2 is 2.21 bits per heavy atom. The number of ether oxygens (including phenoxy) is 1. The first kappa shape index (κ1) is 9.42. The molecule has 6 heteroatoms. The number of nitrogens with two attached hydrogens (primary N) is 1. The third-order valence-electron chi connectivity index (χ3n) is 2.27. The van der Waals surface area contributed by atoms with Crippen LogP contribution in [0.15, 0.2) is 4.52 Å². The van der Waals surface area contributed by atoms with Gasteiger partial charge in [-0.2, -0.15) is 4.98 Å². The van der Waals surface area contributed by atoms with E-state index >= 15 is 0 Å². The van der Waals surface area contributed by atoms with Gasteiger partial charge in [0.1, 0.15) is 0 Å². The van der Waals surface area contributed by atoms with E-state index in [4.69, 9.17) is 15.0 Å². The number of nitrogens with zero attached hydrogens (tertiary/aromatic N) is 3. The Hall–Kier alpha value is -1.14. The molecule has 0 saturated carbocycles. The normalized spacial score (nSPS) is 26.8. The molecule has 2 N–H and O–H groups in total. The monoisotopic (exact) mass is 198 g/mol. The van der Waals surface area contributed by atoms with Gasteiger partial charge in [-0.25, -0.2) is 0 Å². The van der Waals surface area contributed by atoms with Crippen LogP contribution in [0.5, 0.6) is 0 Å². The summed E-state index contributed by atoms with van der Waals surface area (Å²) in [4.78, 5) is 6.02. The Morgan fingerprint density at radius 1 is 1.43 bits per heavy atom. The number of hydrogen-bond acceptors (Lipinski definition) is 6. The highest BCUT2D eigenvalue weighted by Crippen LogP contribution is 2.23. The molecule has 0 spiro atoms. The van der Waals surface area contributed by atoms with E-state index in [-0.39, 0.29) is 12.0 Å². The van der Waals surface area contributed by atoms with E-state index < -0.39 is 0 Å². The van der Waals surface area contributed by atoms with E-state index in [1.165, 1.54) is 0 Å². The lowest BCUT2D eigenvalue weighted by molar-refractivity contribution is 0.187. The zero-order chi connectivity index (χ0) is 10.1. The lowest BCUT2D eigenvalue weighted by Gasteiger charge is -2.06. The SMILES string of the molecule is CN(C)c1noc(C2COCC2N)n1. The van der Waals surface area contributed by atoms with Crippen molar-refractivity contribution in [3.05, 3.63) is 5.89 Å². The summed E-state index contributed by atoms with van der Waals surface area (Å²) in [6, 6.07) is -0.0366. The molecule has 0 aromatic carbocycles. The first-order valence-corrected chi connectivity index (χ1v) is 4.52. The average molecular weight is 198 g/mol. The molecule has 0 aliphatic carbocycles. The first-order chi connectivity index (χ1) is 6.68. The fraction of sp³-hybridized carbons (Fsp3) is 0.750. The van der Waals surface area contributed by atoms with Gasteiger partial charge in [-0.3, -0.25) is 0 Å². The predicted molar refractivity (Wildman–Crippen MR) is 50.2 cm³/mol. The maximum atomic E-state index is 5.83. The van der Waals surface area contributed by atoms with Gasteiger partial charge in [-0.15, -0.1) is 0 Å². The van der Waals surface area contributed by atoms with Gasteiger partial charge in [0.05, 0.1) is 19.1 Å². The van der Waals surface area contributed by atoms with Crippen LogP contribution in [0.3, 0.4) is 0 Å². The molecule has 78 valence electrons. The van der Waals surface area contributed by atoms with Crippen molar-refractivity contribution in [3.63, 3.8) is 0 Å². The van der Waals surface area contributed by atoms with Crippen LogP contribution >= 0.6 is 0 Å². The van der Waals surface area contributed by atoms with E-state index in [0.29, 0.717) is 25.1 Å². The summed E-state index contributed by atoms with van der Waals surface area (Å²) >= 11 is 0. The fourth-order valence-electron chi connectivity index (χ4n) is 1.38. The molecule has 1 aliphatic rings. The van der Waals surface area contributed by atoms with Crippen molar-refractivity contribution in [1.29, 1.82) is 0 Å². The van der Waals surface area contributed by atoms with E-state index in [0.717, 1.165) is 0 Å². The molecular formula is C8H14N4O2. The molecule has 1 aromatic rings. The minimum absolute atomic E-state index is 0.0366. The maximum Gasteiger partial charge on any atom is 0.265 e. The molecule has 0 radical (unpaired) electrons. The predicted octanol–water partition coefficient (Wildman–Crippen LogP) is -0.423. The summed E-state index contributed by atoms with van der Waals surface area (Å²) in [7, 11) is 3.72. The van der Waals surface area contributed by atoms with Crippen LogP contribution in [0.4, 0.5) is 5.95 Å². The van der Waals surface area contributed by atoms with Crippen molar-refractivity contribution >= 4 is 5.95 Å². The minimum atomic E-state index is -0.0366. The largest absolute Gasteiger partial charge is 0.379 e. The Labute approximate surface area is 82.0 Å². The molecular weight excluding hydrogens is 184 g/mol. The lowest BCUT2D eigenvalue weighted by Crippen LogP contribution is -2.27. The molecule has 14 heavy (non-hydrogen) atoms. The van der Waals surface area contributed by atoms with Crippen LogP contribution in [0, 0.1) is 0 Å². The second-order valence-electron chi connectivity index (χ2n) is 3.63. The molecule has 2 heterocycles. The molecule has 2 rings (SSSR count). The minimum Gasteiger partial charge on any atom is -0.379 e. The second kappa shape index (κ2) is 3.55. The average Bonchev–Trinajstić information content (AvgIpc) is 2.71. The molecule has 1 saturated heterocycles. The van der Waals surface area contributed by atoms with Crippen molar-refractivity contribution < 1.29 is 9.26 Å². The third-order valence-corrected chi connectivity index (χ3v) is 2.27. The van der Waals surface area contributed by atoms with Crippen molar-refractivity contribution in [2.75, 3.05) is 32.2 Å². The van der Waals surface area contributed by atoms with Gasteiger partial charge >= 0.3 is 0 Å². The van der Waals surface area contributed by atoms with Gasteiger partial charge in [-0.1, -0.05) is 0 Å². The molecule has 1 aliphatic heterocycles. The van der Waals surface area contributed by atoms with E-state index in [9.17, 15) is 0 Å². The zero-order valence-electron chi connectivity index (χ0n) is 8.30. The van der Waals surface area contributed by atoms with E-state index in [1.54, 1.807) is 4.90 Å². The highest BCUT2D eigenvalue weighted by Gasteiger charge is 2.31. The fourth-order valence-corrected chi connectivity index (χ4v) is 1.38. The van der Waals surface area contributed by atoms with Crippen molar-refractivity contribution in [3.8, 4) is 0 Å². The van der Waals surface area contributed by atoms with Gasteiger partial charge < -0.3 is 19.9 Å². The van der Waals surface area contributed by atoms with Gasteiger partial charge in [0.2, 0.25) is 5.89 Å². The highest BCUT2D eigenvalue weighted by atomic mass is 16.5. The Bertz CT molecular complexity index is 312. The highest BCUT2D eigenvalue weighted by molar-refractivity contribution is 5.24. The van der Waals surface area contributed by atoms with Gasteiger partial charge in [0.25, 0.3) is 5.95 Å². The lowest BCUT2D eigenvalue weighted by atomic mass is 10.1. The number of aromatic nitrogens is 2. The van der Waals surface area contributed by atoms with E-state index in [2.05, 4.69) is 10.1 Å². The molecule has 6 nitrogen and oxygen atoms in total. The second-order valence-corrected chi connectivity index (χ2v) is 3.63. The topological polar surface area (TPSA) is 77.4 Å². The molecule has 1 aromatic heterocycles. The van der Waals surface area contributed by atoms with Crippen LogP contribution in [-0.2, 0) is 4.74 Å². The van der Waals surface area contributed by atoms with Gasteiger partial charge in [0, 0.05) is 20.1 Å². The first-order valence-electron chi connectivity index (χ1n) is 4.52. The summed E-state index contributed by atoms with van der Waals surface area (Å²) in [5, 5.41) is 3.82. The smallest absolute Gasteiger partial charge is 0.265 e. The molecule has 2 atom stereocenters. The van der Waals surface area contributed by atoms with Crippen LogP contribution in [0.25, 0.3) is 0 Å². The Balaban J connectivity index is 2.16. The Morgan fingerprint density at radius 3 is 2.71 bits per heavy atom. The summed E-state index contributed by atoms with van der Waals surface area (Å²) in [6.07, 6.45) is 0. The van der Waals surface area contributed by atoms with Gasteiger partial charge in [-0.05, 0) is 5.16 Å². The zero-order valence-corrected chi connectivity index (χ0v) is 8.30. The number of hydrogen-bond donors (Lipinski definition) is 1. The number of anilines is 1. The molecule has 0 amide bonds. The molecule has 2 unspecified atom stereocenters. The molecule has 0 bridgehead atoms.